The first-order valence-electron chi connectivity index (χ1n) is 6.89. The van der Waals surface area contributed by atoms with Gasteiger partial charge < -0.3 is 5.32 Å². The van der Waals surface area contributed by atoms with E-state index in [-0.39, 0.29) is 6.03 Å². The van der Waals surface area contributed by atoms with Crippen LogP contribution in [0.2, 0.25) is 0 Å². The van der Waals surface area contributed by atoms with Gasteiger partial charge in [-0.1, -0.05) is 48.6 Å². The Bertz CT molecular complexity index is 794. The highest BCUT2D eigenvalue weighted by Gasteiger charge is 2.07. The van der Waals surface area contributed by atoms with Crippen molar-refractivity contribution < 1.29 is 4.79 Å². The third-order valence-electron chi connectivity index (χ3n) is 3.03. The Morgan fingerprint density at radius 1 is 1.09 bits per heavy atom. The predicted octanol–water partition coefficient (Wildman–Crippen LogP) is 2.56. The molecule has 0 radical (unpaired) electrons. The van der Waals surface area contributed by atoms with Gasteiger partial charge in [0.05, 0.1) is 0 Å². The first-order chi connectivity index (χ1) is 10.8. The van der Waals surface area contributed by atoms with Gasteiger partial charge >= 0.3 is 6.03 Å². The maximum atomic E-state index is 11.8. The molecule has 2 aromatic heterocycles. The monoisotopic (exact) mass is 293 g/mol. The smallest absolute Gasteiger partial charge is 0.321 e. The average Bonchev–Trinajstić information content (AvgIpc) is 2.96. The minimum atomic E-state index is -0.323. The Labute approximate surface area is 127 Å². The normalized spacial score (nSPS) is 10.9. The first-order valence-corrected chi connectivity index (χ1v) is 6.89. The molecule has 0 bridgehead atoms. The van der Waals surface area contributed by atoms with Crippen LogP contribution in [0, 0.1) is 0 Å². The van der Waals surface area contributed by atoms with E-state index in [2.05, 4.69) is 20.8 Å². The van der Waals surface area contributed by atoms with E-state index in [1.54, 1.807) is 10.6 Å². The number of carbonyl (C=O) groups is 1. The Kier molecular flexibility index (Phi) is 4.10. The Morgan fingerprint density at radius 3 is 2.77 bits per heavy atom. The molecule has 0 saturated heterocycles. The number of fused-ring (bicyclic) bond motifs is 1. The molecule has 0 fully saturated rings. The molecule has 0 aliphatic heterocycles. The second-order valence-corrected chi connectivity index (χ2v) is 4.60. The largest absolute Gasteiger partial charge is 0.334 e. The average molecular weight is 293 g/mol. The van der Waals surface area contributed by atoms with Gasteiger partial charge in [0.15, 0.2) is 5.65 Å². The topological polar surface area (TPSA) is 71.3 Å². The number of anilines is 1. The summed E-state index contributed by atoms with van der Waals surface area (Å²) < 4.78 is 1.71. The molecule has 2 N–H and O–H groups in total. The number of nitrogens with zero attached hydrogens (tertiary/aromatic N) is 3. The molecule has 2 amide bonds. The summed E-state index contributed by atoms with van der Waals surface area (Å²) >= 11 is 0. The van der Waals surface area contributed by atoms with Crippen molar-refractivity contribution in [3.8, 4) is 0 Å². The summed E-state index contributed by atoms with van der Waals surface area (Å²) in [5, 5.41) is 13.3. The van der Waals surface area contributed by atoms with Crippen LogP contribution in [0.25, 0.3) is 11.7 Å². The van der Waals surface area contributed by atoms with Gasteiger partial charge in [0.2, 0.25) is 5.95 Å². The van der Waals surface area contributed by atoms with Crippen LogP contribution in [0.1, 0.15) is 5.56 Å². The van der Waals surface area contributed by atoms with Crippen LogP contribution < -0.4 is 10.6 Å². The number of benzene rings is 1. The van der Waals surface area contributed by atoms with E-state index >= 15 is 0 Å². The lowest BCUT2D eigenvalue weighted by molar-refractivity contribution is 0.253. The highest BCUT2D eigenvalue weighted by molar-refractivity contribution is 5.87. The number of rotatable bonds is 4. The van der Waals surface area contributed by atoms with Crippen LogP contribution in [0.3, 0.4) is 0 Å². The molecule has 0 atom stereocenters. The SMILES string of the molecule is O=C(NCC=Cc1ccccc1)Nc1nnc2ccccn12. The van der Waals surface area contributed by atoms with Gasteiger partial charge in [0.1, 0.15) is 0 Å². The van der Waals surface area contributed by atoms with Crippen LogP contribution in [-0.2, 0) is 0 Å². The number of urea groups is 1. The molecule has 2 heterocycles. The summed E-state index contributed by atoms with van der Waals surface area (Å²) in [6.45, 7) is 0.428. The lowest BCUT2D eigenvalue weighted by Gasteiger charge is -2.03. The Morgan fingerprint density at radius 2 is 1.91 bits per heavy atom. The van der Waals surface area contributed by atoms with Gasteiger partial charge in [-0.25, -0.2) is 4.79 Å². The summed E-state index contributed by atoms with van der Waals surface area (Å²) in [4.78, 5) is 11.8. The molecule has 6 nitrogen and oxygen atoms in total. The molecule has 0 saturated carbocycles. The highest BCUT2D eigenvalue weighted by atomic mass is 16.2. The molecule has 0 aliphatic rings. The summed E-state index contributed by atoms with van der Waals surface area (Å²) in [5.41, 5.74) is 1.77. The molecule has 6 heteroatoms. The van der Waals surface area contributed by atoms with Gasteiger partial charge in [-0.2, -0.15) is 0 Å². The van der Waals surface area contributed by atoms with E-state index in [4.69, 9.17) is 0 Å². The van der Waals surface area contributed by atoms with Gasteiger partial charge in [-0.3, -0.25) is 9.72 Å². The Balaban J connectivity index is 1.54. The van der Waals surface area contributed by atoms with Crippen molar-refractivity contribution in [2.75, 3.05) is 11.9 Å². The summed E-state index contributed by atoms with van der Waals surface area (Å²) in [5.74, 6) is 0.389. The fourth-order valence-electron chi connectivity index (χ4n) is 1.98. The Hall–Kier alpha value is -3.15. The lowest BCUT2D eigenvalue weighted by Crippen LogP contribution is -2.29. The summed E-state index contributed by atoms with van der Waals surface area (Å²) in [6, 6.07) is 15.1. The zero-order valence-electron chi connectivity index (χ0n) is 11.8. The zero-order chi connectivity index (χ0) is 15.2. The van der Waals surface area contributed by atoms with Gasteiger partial charge in [-0.15, -0.1) is 10.2 Å². The maximum Gasteiger partial charge on any atom is 0.321 e. The van der Waals surface area contributed by atoms with Crippen molar-refractivity contribution in [3.63, 3.8) is 0 Å². The number of amides is 2. The van der Waals surface area contributed by atoms with E-state index in [1.807, 2.05) is 60.7 Å². The molecule has 3 rings (SSSR count). The van der Waals surface area contributed by atoms with E-state index in [0.29, 0.717) is 18.1 Å². The standard InChI is InChI=1S/C16H15N5O/c22-16(17-11-6-9-13-7-2-1-3-8-13)18-15-20-19-14-10-4-5-12-21(14)15/h1-10,12H,11H2,(H2,17,18,20,22). The van der Waals surface area contributed by atoms with Crippen molar-refractivity contribution in [2.45, 2.75) is 0 Å². The summed E-state index contributed by atoms with van der Waals surface area (Å²) in [7, 11) is 0. The first kappa shape index (κ1) is 13.8. The van der Waals surface area contributed by atoms with E-state index in [0.717, 1.165) is 5.56 Å². The number of hydrogen-bond donors (Lipinski definition) is 2. The van der Waals surface area contributed by atoms with Crippen molar-refractivity contribution in [1.82, 2.24) is 19.9 Å². The fraction of sp³-hybridized carbons (Fsp3) is 0.0625. The third-order valence-corrected chi connectivity index (χ3v) is 3.03. The quantitative estimate of drug-likeness (QED) is 0.776. The summed E-state index contributed by atoms with van der Waals surface area (Å²) in [6.07, 6.45) is 5.63. The maximum absolute atomic E-state index is 11.8. The molecule has 3 aromatic rings. The second kappa shape index (κ2) is 6.53. The number of carbonyl (C=O) groups excluding carboxylic acids is 1. The van der Waals surface area contributed by atoms with Gasteiger partial charge in [-0.05, 0) is 17.7 Å². The van der Waals surface area contributed by atoms with E-state index in [9.17, 15) is 4.79 Å². The molecule has 22 heavy (non-hydrogen) atoms. The molecule has 110 valence electrons. The van der Waals surface area contributed by atoms with Gasteiger partial charge in [0.25, 0.3) is 0 Å². The third kappa shape index (κ3) is 3.29. The van der Waals surface area contributed by atoms with Crippen molar-refractivity contribution in [1.29, 1.82) is 0 Å². The van der Waals surface area contributed by atoms with Gasteiger partial charge in [0, 0.05) is 12.7 Å². The van der Waals surface area contributed by atoms with Crippen molar-refractivity contribution >= 4 is 23.7 Å². The fourth-order valence-corrected chi connectivity index (χ4v) is 1.98. The lowest BCUT2D eigenvalue weighted by atomic mass is 10.2. The zero-order valence-corrected chi connectivity index (χ0v) is 11.8. The molecular weight excluding hydrogens is 278 g/mol. The minimum absolute atomic E-state index is 0.323. The minimum Gasteiger partial charge on any atom is -0.334 e. The van der Waals surface area contributed by atoms with Crippen LogP contribution in [0.15, 0.2) is 60.8 Å². The second-order valence-electron chi connectivity index (χ2n) is 4.60. The molecule has 0 aliphatic carbocycles. The molecule has 0 spiro atoms. The number of nitrogens with one attached hydrogen (secondary N) is 2. The van der Waals surface area contributed by atoms with Crippen LogP contribution in [0.5, 0.6) is 0 Å². The van der Waals surface area contributed by atoms with Crippen LogP contribution in [-0.4, -0.2) is 27.2 Å². The van der Waals surface area contributed by atoms with Crippen LogP contribution >= 0.6 is 0 Å². The molecule has 0 unspecified atom stereocenters. The number of pyridine rings is 1. The van der Waals surface area contributed by atoms with E-state index in [1.165, 1.54) is 0 Å². The number of aromatic nitrogens is 3. The van der Waals surface area contributed by atoms with Crippen LogP contribution in [0.4, 0.5) is 10.7 Å². The number of hydrogen-bond acceptors (Lipinski definition) is 3. The molecule has 1 aromatic carbocycles. The molecular formula is C16H15N5O. The highest BCUT2D eigenvalue weighted by Crippen LogP contribution is 2.06. The predicted molar refractivity (Wildman–Crippen MR) is 85.5 cm³/mol. The van der Waals surface area contributed by atoms with Crippen molar-refractivity contribution in [3.05, 3.63) is 66.4 Å². The van der Waals surface area contributed by atoms with E-state index < -0.39 is 0 Å². The van der Waals surface area contributed by atoms with Crippen molar-refractivity contribution in [2.24, 2.45) is 0 Å².